The van der Waals surface area contributed by atoms with Gasteiger partial charge in [-0.05, 0) is 43.5 Å². The van der Waals surface area contributed by atoms with Crippen LogP contribution in [0, 0.1) is 12.7 Å². The molecule has 1 aromatic heterocycles. The Morgan fingerprint density at radius 2 is 2.09 bits per heavy atom. The van der Waals surface area contributed by atoms with Crippen molar-refractivity contribution in [3.63, 3.8) is 0 Å². The Bertz CT molecular complexity index is 650. The zero-order valence-electron chi connectivity index (χ0n) is 12.7. The van der Waals surface area contributed by atoms with Gasteiger partial charge in [0.05, 0.1) is 11.7 Å². The van der Waals surface area contributed by atoms with Gasteiger partial charge in [0.2, 0.25) is 5.91 Å². The van der Waals surface area contributed by atoms with E-state index >= 15 is 0 Å². The molecule has 2 aromatic rings. The van der Waals surface area contributed by atoms with E-state index in [4.69, 9.17) is 0 Å². The van der Waals surface area contributed by atoms with Crippen molar-refractivity contribution in [2.45, 2.75) is 38.8 Å². The van der Waals surface area contributed by atoms with Gasteiger partial charge in [-0.15, -0.1) is 0 Å². The van der Waals surface area contributed by atoms with E-state index in [0.717, 1.165) is 30.6 Å². The maximum absolute atomic E-state index is 13.0. The Hall–Kier alpha value is -2.17. The number of benzene rings is 1. The van der Waals surface area contributed by atoms with E-state index in [1.807, 2.05) is 24.1 Å². The third-order valence-corrected chi connectivity index (χ3v) is 4.16. The molecule has 0 aliphatic carbocycles. The van der Waals surface area contributed by atoms with Gasteiger partial charge in [-0.2, -0.15) is 5.10 Å². The van der Waals surface area contributed by atoms with E-state index < -0.39 is 0 Å². The average Bonchev–Trinajstić information content (AvgIpc) is 3.14. The molecule has 0 radical (unpaired) electrons. The Morgan fingerprint density at radius 1 is 1.32 bits per heavy atom. The molecule has 116 valence electrons. The minimum atomic E-state index is -0.242. The molecular formula is C17H20FN3O. The maximum Gasteiger partial charge on any atom is 0.224 e. The molecule has 22 heavy (non-hydrogen) atoms. The number of rotatable bonds is 4. The summed E-state index contributed by atoms with van der Waals surface area (Å²) >= 11 is 0. The van der Waals surface area contributed by atoms with Crippen molar-refractivity contribution in [2.24, 2.45) is 0 Å². The lowest BCUT2D eigenvalue weighted by Gasteiger charge is -2.25. The normalized spacial score (nSPS) is 17.9. The van der Waals surface area contributed by atoms with Crippen LogP contribution in [0.2, 0.25) is 0 Å². The highest BCUT2D eigenvalue weighted by Crippen LogP contribution is 2.32. The molecule has 1 fully saturated rings. The number of carbonyl (C=O) groups is 1. The summed E-state index contributed by atoms with van der Waals surface area (Å²) in [4.78, 5) is 14.4. The van der Waals surface area contributed by atoms with Crippen molar-refractivity contribution in [3.05, 3.63) is 53.6 Å². The molecule has 0 saturated carbocycles. The molecular weight excluding hydrogens is 281 g/mol. The first-order chi connectivity index (χ1) is 10.6. The van der Waals surface area contributed by atoms with Crippen LogP contribution in [0.5, 0.6) is 0 Å². The maximum atomic E-state index is 13.0. The lowest BCUT2D eigenvalue weighted by Crippen LogP contribution is -2.31. The van der Waals surface area contributed by atoms with Crippen LogP contribution < -0.4 is 0 Å². The summed E-state index contributed by atoms with van der Waals surface area (Å²) in [6.07, 6.45) is 4.27. The fourth-order valence-corrected chi connectivity index (χ4v) is 3.04. The predicted octanol–water partition coefficient (Wildman–Crippen LogP) is 3.08. The van der Waals surface area contributed by atoms with Crippen molar-refractivity contribution in [1.29, 1.82) is 0 Å². The van der Waals surface area contributed by atoms with Crippen molar-refractivity contribution in [1.82, 2.24) is 14.7 Å². The summed E-state index contributed by atoms with van der Waals surface area (Å²) < 4.78 is 14.9. The second-order valence-electron chi connectivity index (χ2n) is 5.77. The highest BCUT2D eigenvalue weighted by molar-refractivity contribution is 5.77. The number of hydrogen-bond donors (Lipinski definition) is 0. The second kappa shape index (κ2) is 6.30. The summed E-state index contributed by atoms with van der Waals surface area (Å²) in [6, 6.07) is 8.49. The molecule has 1 saturated heterocycles. The lowest BCUT2D eigenvalue weighted by molar-refractivity contribution is -0.132. The van der Waals surface area contributed by atoms with Crippen LogP contribution in [0.25, 0.3) is 0 Å². The molecule has 0 spiro atoms. The first kappa shape index (κ1) is 14.8. The number of aromatic nitrogens is 2. The third-order valence-electron chi connectivity index (χ3n) is 4.16. The Balaban J connectivity index is 1.64. The molecule has 1 aliphatic heterocycles. The Labute approximate surface area is 129 Å². The first-order valence-corrected chi connectivity index (χ1v) is 7.68. The molecule has 1 aliphatic rings. The van der Waals surface area contributed by atoms with Crippen LogP contribution >= 0.6 is 0 Å². The van der Waals surface area contributed by atoms with Crippen LogP contribution in [0.4, 0.5) is 4.39 Å². The molecule has 1 amide bonds. The molecule has 0 bridgehead atoms. The van der Waals surface area contributed by atoms with Gasteiger partial charge in [0.1, 0.15) is 5.82 Å². The van der Waals surface area contributed by atoms with E-state index in [1.54, 1.807) is 16.8 Å². The number of likely N-dealkylation sites (tertiary alicyclic amines) is 1. The average molecular weight is 301 g/mol. The summed E-state index contributed by atoms with van der Waals surface area (Å²) in [5.41, 5.74) is 1.97. The summed E-state index contributed by atoms with van der Waals surface area (Å²) in [7, 11) is 0. The Kier molecular flexibility index (Phi) is 4.22. The summed E-state index contributed by atoms with van der Waals surface area (Å²) in [5, 5.41) is 4.30. The molecule has 5 heteroatoms. The number of amides is 1. The lowest BCUT2D eigenvalue weighted by atomic mass is 10.0. The van der Waals surface area contributed by atoms with Gasteiger partial charge in [-0.1, -0.05) is 12.1 Å². The largest absolute Gasteiger partial charge is 0.336 e. The van der Waals surface area contributed by atoms with Gasteiger partial charge in [-0.3, -0.25) is 9.48 Å². The summed E-state index contributed by atoms with van der Waals surface area (Å²) in [5.74, 6) is -0.103. The Morgan fingerprint density at radius 3 is 2.77 bits per heavy atom. The minimum Gasteiger partial charge on any atom is -0.336 e. The van der Waals surface area contributed by atoms with Gasteiger partial charge in [0.25, 0.3) is 0 Å². The van der Waals surface area contributed by atoms with Gasteiger partial charge >= 0.3 is 0 Å². The molecule has 2 heterocycles. The van der Waals surface area contributed by atoms with E-state index in [0.29, 0.717) is 13.0 Å². The van der Waals surface area contributed by atoms with E-state index in [1.165, 1.54) is 12.1 Å². The molecule has 1 atom stereocenters. The van der Waals surface area contributed by atoms with Crippen molar-refractivity contribution < 1.29 is 9.18 Å². The minimum absolute atomic E-state index is 0.0763. The second-order valence-corrected chi connectivity index (χ2v) is 5.77. The van der Waals surface area contributed by atoms with E-state index in [9.17, 15) is 9.18 Å². The fraction of sp³-hybridized carbons (Fsp3) is 0.412. The zero-order chi connectivity index (χ0) is 15.5. The zero-order valence-corrected chi connectivity index (χ0v) is 12.7. The molecule has 1 aromatic carbocycles. The molecule has 0 N–H and O–H groups in total. The van der Waals surface area contributed by atoms with Crippen LogP contribution in [-0.4, -0.2) is 27.1 Å². The van der Waals surface area contributed by atoms with Crippen LogP contribution in [0.1, 0.15) is 36.6 Å². The van der Waals surface area contributed by atoms with Crippen LogP contribution in [0.3, 0.4) is 0 Å². The highest BCUT2D eigenvalue weighted by Gasteiger charge is 2.29. The van der Waals surface area contributed by atoms with Crippen molar-refractivity contribution in [2.75, 3.05) is 6.54 Å². The molecule has 3 rings (SSSR count). The number of halogens is 1. The smallest absolute Gasteiger partial charge is 0.224 e. The first-order valence-electron chi connectivity index (χ1n) is 7.68. The standard InChI is InChI=1S/C17H20FN3O/c1-13-8-11-20(19-13)12-9-17(22)21-10-2-3-16(21)14-4-6-15(18)7-5-14/h4-8,11,16H,2-3,9-10,12H2,1H3/t16-/m1/s1. The van der Waals surface area contributed by atoms with Gasteiger partial charge in [0.15, 0.2) is 0 Å². The highest BCUT2D eigenvalue weighted by atomic mass is 19.1. The summed E-state index contributed by atoms with van der Waals surface area (Å²) in [6.45, 7) is 3.31. The third kappa shape index (κ3) is 3.18. The van der Waals surface area contributed by atoms with Crippen LogP contribution in [-0.2, 0) is 11.3 Å². The molecule has 4 nitrogen and oxygen atoms in total. The number of aryl methyl sites for hydroxylation is 2. The van der Waals surface area contributed by atoms with Gasteiger partial charge < -0.3 is 4.90 Å². The van der Waals surface area contributed by atoms with E-state index in [-0.39, 0.29) is 17.8 Å². The monoisotopic (exact) mass is 301 g/mol. The topological polar surface area (TPSA) is 38.1 Å². The van der Waals surface area contributed by atoms with Gasteiger partial charge in [-0.25, -0.2) is 4.39 Å². The van der Waals surface area contributed by atoms with Crippen LogP contribution in [0.15, 0.2) is 36.5 Å². The number of nitrogens with zero attached hydrogens (tertiary/aromatic N) is 3. The van der Waals surface area contributed by atoms with Gasteiger partial charge in [0, 0.05) is 25.7 Å². The fourth-order valence-electron chi connectivity index (χ4n) is 3.04. The SMILES string of the molecule is Cc1ccn(CCC(=O)N2CCC[C@@H]2c2ccc(F)cc2)n1. The molecule has 0 unspecified atom stereocenters. The number of carbonyl (C=O) groups excluding carboxylic acids is 1. The predicted molar refractivity (Wildman–Crippen MR) is 81.7 cm³/mol. The van der Waals surface area contributed by atoms with Crippen molar-refractivity contribution >= 4 is 5.91 Å². The number of hydrogen-bond acceptors (Lipinski definition) is 2. The van der Waals surface area contributed by atoms with E-state index in [2.05, 4.69) is 5.10 Å². The quantitative estimate of drug-likeness (QED) is 0.870. The van der Waals surface area contributed by atoms with Crippen molar-refractivity contribution in [3.8, 4) is 0 Å².